The average molecular weight is 411 g/mol. The number of dihydropyridines is 1. The molecule has 3 rings (SSSR count). The van der Waals surface area contributed by atoms with Gasteiger partial charge in [0.2, 0.25) is 0 Å². The SMILES string of the molecule is CCOC(=O)OC1=C(C)NC2=C(C(=O)OC(C)C2)C1c1cccc(C(F)(F)F)c1. The van der Waals surface area contributed by atoms with Gasteiger partial charge in [0.1, 0.15) is 11.9 Å². The summed E-state index contributed by atoms with van der Waals surface area (Å²) in [4.78, 5) is 24.6. The number of allylic oxidation sites excluding steroid dienone is 2. The highest BCUT2D eigenvalue weighted by atomic mass is 19.4. The number of alkyl halides is 3. The highest BCUT2D eigenvalue weighted by molar-refractivity contribution is 5.93. The Morgan fingerprint density at radius 3 is 2.72 bits per heavy atom. The highest BCUT2D eigenvalue weighted by Crippen LogP contribution is 2.43. The summed E-state index contributed by atoms with van der Waals surface area (Å²) < 4.78 is 55.1. The van der Waals surface area contributed by atoms with E-state index in [1.165, 1.54) is 12.1 Å². The number of nitrogens with one attached hydrogen (secondary N) is 1. The summed E-state index contributed by atoms with van der Waals surface area (Å²) in [6.07, 6.45) is -5.61. The van der Waals surface area contributed by atoms with E-state index >= 15 is 0 Å². The Bertz CT molecular complexity index is 904. The Morgan fingerprint density at radius 1 is 1.34 bits per heavy atom. The summed E-state index contributed by atoms with van der Waals surface area (Å²) >= 11 is 0. The molecular formula is C20H20F3NO5. The minimum absolute atomic E-state index is 0.00646. The molecule has 9 heteroatoms. The molecule has 6 nitrogen and oxygen atoms in total. The van der Waals surface area contributed by atoms with E-state index in [1.54, 1.807) is 20.8 Å². The Hall–Kier alpha value is -2.97. The van der Waals surface area contributed by atoms with Crippen molar-refractivity contribution in [3.8, 4) is 0 Å². The van der Waals surface area contributed by atoms with Gasteiger partial charge in [-0.2, -0.15) is 13.2 Å². The van der Waals surface area contributed by atoms with Crippen molar-refractivity contribution in [1.82, 2.24) is 5.32 Å². The molecule has 1 aromatic carbocycles. The Morgan fingerprint density at radius 2 is 2.07 bits per heavy atom. The predicted octanol–water partition coefficient (Wildman–Crippen LogP) is 4.39. The van der Waals surface area contributed by atoms with Gasteiger partial charge in [0.15, 0.2) is 0 Å². The van der Waals surface area contributed by atoms with E-state index in [-0.39, 0.29) is 23.5 Å². The fraction of sp³-hybridized carbons (Fsp3) is 0.400. The number of carbonyl (C=O) groups excluding carboxylic acids is 2. The number of halogens is 3. The largest absolute Gasteiger partial charge is 0.513 e. The van der Waals surface area contributed by atoms with Crippen molar-refractivity contribution in [3.05, 3.63) is 58.1 Å². The van der Waals surface area contributed by atoms with Crippen LogP contribution < -0.4 is 5.32 Å². The van der Waals surface area contributed by atoms with Gasteiger partial charge in [-0.25, -0.2) is 9.59 Å². The molecule has 156 valence electrons. The molecule has 2 aliphatic heterocycles. The number of carbonyl (C=O) groups is 2. The maximum atomic E-state index is 13.2. The van der Waals surface area contributed by atoms with Crippen molar-refractivity contribution >= 4 is 12.1 Å². The summed E-state index contributed by atoms with van der Waals surface area (Å²) in [5, 5.41) is 3.02. The van der Waals surface area contributed by atoms with Gasteiger partial charge in [-0.05, 0) is 32.4 Å². The summed E-state index contributed by atoms with van der Waals surface area (Å²) in [6.45, 7) is 4.97. The van der Waals surface area contributed by atoms with Crippen molar-refractivity contribution in [1.29, 1.82) is 0 Å². The second-order valence-electron chi connectivity index (χ2n) is 6.77. The van der Waals surface area contributed by atoms with Gasteiger partial charge in [0.25, 0.3) is 0 Å². The third-order valence-corrected chi connectivity index (χ3v) is 4.61. The third kappa shape index (κ3) is 4.23. The van der Waals surface area contributed by atoms with Crippen LogP contribution >= 0.6 is 0 Å². The first-order chi connectivity index (χ1) is 13.6. The van der Waals surface area contributed by atoms with Crippen molar-refractivity contribution in [2.45, 2.75) is 45.4 Å². The van der Waals surface area contributed by atoms with Crippen LogP contribution in [0.25, 0.3) is 0 Å². The zero-order valence-corrected chi connectivity index (χ0v) is 16.1. The number of ether oxygens (including phenoxy) is 3. The zero-order valence-electron chi connectivity index (χ0n) is 16.1. The first-order valence-corrected chi connectivity index (χ1v) is 9.05. The summed E-state index contributed by atoms with van der Waals surface area (Å²) in [7, 11) is 0. The lowest BCUT2D eigenvalue weighted by molar-refractivity contribution is -0.145. The maximum absolute atomic E-state index is 13.2. The van der Waals surface area contributed by atoms with Gasteiger partial charge in [-0.15, -0.1) is 0 Å². The normalized spacial score (nSPS) is 21.9. The minimum Gasteiger partial charge on any atom is -0.459 e. The summed E-state index contributed by atoms with van der Waals surface area (Å²) in [6, 6.07) is 4.56. The standard InChI is InChI=1S/C20H20F3NO5/c1-4-27-19(26)29-17-11(3)24-14-8-10(2)28-18(25)16(14)15(17)12-6-5-7-13(9-12)20(21,22)23/h5-7,9-10,15,24H,4,8H2,1-3H3. The number of cyclic esters (lactones) is 1. The molecule has 0 radical (unpaired) electrons. The van der Waals surface area contributed by atoms with Crippen molar-refractivity contribution < 1.29 is 37.0 Å². The second-order valence-corrected chi connectivity index (χ2v) is 6.77. The molecular weight excluding hydrogens is 391 g/mol. The van der Waals surface area contributed by atoms with Crippen molar-refractivity contribution in [3.63, 3.8) is 0 Å². The Labute approximate surface area is 165 Å². The minimum atomic E-state index is -4.57. The van der Waals surface area contributed by atoms with E-state index in [0.717, 1.165) is 12.1 Å². The molecule has 2 atom stereocenters. The second kappa shape index (κ2) is 7.81. The fourth-order valence-electron chi connectivity index (χ4n) is 3.44. The lowest BCUT2D eigenvalue weighted by Crippen LogP contribution is -2.37. The van der Waals surface area contributed by atoms with Crippen LogP contribution in [0.15, 0.2) is 47.0 Å². The van der Waals surface area contributed by atoms with E-state index in [0.29, 0.717) is 17.8 Å². The first-order valence-electron chi connectivity index (χ1n) is 9.05. The molecule has 0 aliphatic carbocycles. The lowest BCUT2D eigenvalue weighted by Gasteiger charge is -2.35. The monoisotopic (exact) mass is 411 g/mol. The molecule has 2 aliphatic rings. The van der Waals surface area contributed by atoms with Gasteiger partial charge in [0, 0.05) is 12.1 Å². The van der Waals surface area contributed by atoms with Gasteiger partial charge in [0.05, 0.1) is 29.4 Å². The fourth-order valence-corrected chi connectivity index (χ4v) is 3.44. The van der Waals surface area contributed by atoms with E-state index in [2.05, 4.69) is 5.32 Å². The average Bonchev–Trinajstić information content (AvgIpc) is 2.62. The molecule has 0 spiro atoms. The van der Waals surface area contributed by atoms with Gasteiger partial charge >= 0.3 is 18.3 Å². The number of rotatable bonds is 3. The van der Waals surface area contributed by atoms with Crippen LogP contribution in [-0.4, -0.2) is 24.8 Å². The van der Waals surface area contributed by atoms with Gasteiger partial charge in [-0.3, -0.25) is 0 Å². The van der Waals surface area contributed by atoms with Crippen LogP contribution in [0.1, 0.15) is 44.2 Å². The molecule has 1 N–H and O–H groups in total. The molecule has 0 amide bonds. The Balaban J connectivity index is 2.13. The highest BCUT2D eigenvalue weighted by Gasteiger charge is 2.41. The number of hydrogen-bond donors (Lipinski definition) is 1. The van der Waals surface area contributed by atoms with E-state index in [1.807, 2.05) is 0 Å². The maximum Gasteiger partial charge on any atom is 0.513 e. The van der Waals surface area contributed by atoms with Crippen molar-refractivity contribution in [2.75, 3.05) is 6.61 Å². The van der Waals surface area contributed by atoms with Crippen LogP contribution in [0.4, 0.5) is 18.0 Å². The van der Waals surface area contributed by atoms with Crippen molar-refractivity contribution in [2.24, 2.45) is 0 Å². The van der Waals surface area contributed by atoms with Crippen LogP contribution in [0.2, 0.25) is 0 Å². The van der Waals surface area contributed by atoms with Gasteiger partial charge in [-0.1, -0.05) is 18.2 Å². The van der Waals surface area contributed by atoms with E-state index in [9.17, 15) is 22.8 Å². The van der Waals surface area contributed by atoms with E-state index in [4.69, 9.17) is 14.2 Å². The van der Waals surface area contributed by atoms with Gasteiger partial charge < -0.3 is 19.5 Å². The smallest absolute Gasteiger partial charge is 0.459 e. The molecule has 0 aromatic heterocycles. The van der Waals surface area contributed by atoms with Crippen LogP contribution in [0.3, 0.4) is 0 Å². The van der Waals surface area contributed by atoms with E-state index < -0.39 is 35.9 Å². The summed E-state index contributed by atoms with van der Waals surface area (Å²) in [5.74, 6) is -1.72. The molecule has 2 heterocycles. The number of benzene rings is 1. The molecule has 0 fully saturated rings. The molecule has 2 unspecified atom stereocenters. The Kier molecular flexibility index (Phi) is 5.59. The van der Waals surface area contributed by atoms with Crippen LogP contribution in [0, 0.1) is 0 Å². The molecule has 1 aromatic rings. The van der Waals surface area contributed by atoms with Crippen LogP contribution in [-0.2, 0) is 25.2 Å². The number of hydrogen-bond acceptors (Lipinski definition) is 6. The lowest BCUT2D eigenvalue weighted by atomic mass is 9.82. The molecule has 29 heavy (non-hydrogen) atoms. The number of esters is 1. The molecule has 0 saturated heterocycles. The topological polar surface area (TPSA) is 73.9 Å². The summed E-state index contributed by atoms with van der Waals surface area (Å²) in [5.41, 5.74) is 0.332. The third-order valence-electron chi connectivity index (χ3n) is 4.61. The van der Waals surface area contributed by atoms with Crippen LogP contribution in [0.5, 0.6) is 0 Å². The molecule has 0 saturated carbocycles. The quantitative estimate of drug-likeness (QED) is 0.744. The first kappa shape index (κ1) is 20.8. The molecule has 0 bridgehead atoms. The zero-order chi connectivity index (χ0) is 21.3. The predicted molar refractivity (Wildman–Crippen MR) is 95.3 cm³/mol.